The Morgan fingerprint density at radius 2 is 1.81 bits per heavy atom. The molecule has 0 aromatic heterocycles. The van der Waals surface area contributed by atoms with Crippen molar-refractivity contribution in [3.8, 4) is 11.5 Å². The van der Waals surface area contributed by atoms with Crippen LogP contribution in [0, 0.1) is 0 Å². The topological polar surface area (TPSA) is 93.7 Å². The maximum Gasteiger partial charge on any atom is 0.283 e. The molecular weight excluding hydrogens is 406 g/mol. The number of benzene rings is 1. The van der Waals surface area contributed by atoms with Crippen LogP contribution in [-0.4, -0.2) is 69.0 Å². The number of carbonyl (C=O) groups is 1. The maximum atomic E-state index is 13.3. The Kier molecular flexibility index (Phi) is 5.68. The number of nitrogens with one attached hydrogen (secondary N) is 1. The molecule has 1 aromatic carbocycles. The van der Waals surface area contributed by atoms with E-state index < -0.39 is 35.7 Å². The summed E-state index contributed by atoms with van der Waals surface area (Å²) in [5.41, 5.74) is 0.996. The fraction of sp³-hybridized carbons (Fsp3) is 0.682. The summed E-state index contributed by atoms with van der Waals surface area (Å²) < 4.78 is 40.5. The minimum Gasteiger partial charge on any atom is -0.493 e. The van der Waals surface area contributed by atoms with Crippen LogP contribution in [0.4, 0.5) is 0 Å². The largest absolute Gasteiger partial charge is 0.493 e. The first-order valence-electron chi connectivity index (χ1n) is 10.5. The second-order valence-electron chi connectivity index (χ2n) is 8.85. The number of rotatable bonds is 6. The lowest BCUT2D eigenvalue weighted by atomic mass is 10.0. The number of carbonyl (C=O) groups excluding carboxylic acids is 1. The van der Waals surface area contributed by atoms with Crippen molar-refractivity contribution < 1.29 is 38.0 Å². The molecule has 3 aliphatic rings. The molecule has 0 unspecified atom stereocenters. The molecule has 3 saturated heterocycles. The molecule has 0 radical (unpaired) electrons. The summed E-state index contributed by atoms with van der Waals surface area (Å²) in [6, 6.07) is 5.66. The highest BCUT2D eigenvalue weighted by Crippen LogP contribution is 2.49. The average Bonchev–Trinajstić information content (AvgIpc) is 3.15. The first-order chi connectivity index (χ1) is 14.6. The van der Waals surface area contributed by atoms with Crippen molar-refractivity contribution in [1.82, 2.24) is 5.32 Å². The number of hydrogen-bond acceptors (Lipinski definition) is 8. The van der Waals surface area contributed by atoms with Crippen molar-refractivity contribution in [3.05, 3.63) is 23.8 Å². The summed E-state index contributed by atoms with van der Waals surface area (Å²) in [7, 11) is 3.18. The number of amides is 1. The Morgan fingerprint density at radius 1 is 1.06 bits per heavy atom. The third-order valence-corrected chi connectivity index (χ3v) is 5.65. The molecule has 0 spiro atoms. The fourth-order valence-corrected chi connectivity index (χ4v) is 4.31. The van der Waals surface area contributed by atoms with Crippen molar-refractivity contribution in [2.75, 3.05) is 27.4 Å². The fourth-order valence-electron chi connectivity index (χ4n) is 4.31. The molecule has 3 aliphatic heterocycles. The van der Waals surface area contributed by atoms with Gasteiger partial charge in [0.1, 0.15) is 12.2 Å². The van der Waals surface area contributed by atoms with Crippen LogP contribution >= 0.6 is 0 Å². The molecule has 9 heteroatoms. The van der Waals surface area contributed by atoms with Gasteiger partial charge in [-0.15, -0.1) is 0 Å². The van der Waals surface area contributed by atoms with Gasteiger partial charge in [-0.25, -0.2) is 0 Å². The Morgan fingerprint density at radius 3 is 2.52 bits per heavy atom. The number of hydrogen-bond donors (Lipinski definition) is 1. The van der Waals surface area contributed by atoms with Crippen molar-refractivity contribution >= 4 is 5.91 Å². The molecule has 1 N–H and O–H groups in total. The number of methoxy groups -OCH3 is 2. The number of fused-ring (bicyclic) bond motifs is 3. The van der Waals surface area contributed by atoms with Gasteiger partial charge in [-0.2, -0.15) is 0 Å². The minimum atomic E-state index is -1.58. The summed E-state index contributed by atoms with van der Waals surface area (Å²) in [5.74, 6) is -2.45. The molecular formula is C22H31NO8. The lowest BCUT2D eigenvalue weighted by molar-refractivity contribution is -0.324. The Labute approximate surface area is 182 Å². The van der Waals surface area contributed by atoms with Crippen molar-refractivity contribution in [3.63, 3.8) is 0 Å². The van der Waals surface area contributed by atoms with E-state index in [0.29, 0.717) is 31.1 Å². The van der Waals surface area contributed by atoms with E-state index in [1.54, 1.807) is 28.1 Å². The van der Waals surface area contributed by atoms with Crippen molar-refractivity contribution in [1.29, 1.82) is 0 Å². The standard InChI is InChI=1S/C22H31NO8/c1-20(2)27-12-16-17(29-20)18-22(28-16,31-21(3,4)30-18)19(24)23-10-9-13-7-8-14(25-5)15(11-13)26-6/h7-8,11,16-18H,9-10,12H2,1-6H3,(H,23,24)/t16-,17+,18-,22+/m0/s1. The van der Waals surface area contributed by atoms with Gasteiger partial charge >= 0.3 is 0 Å². The van der Waals surface area contributed by atoms with Gasteiger partial charge in [-0.1, -0.05) is 6.07 Å². The van der Waals surface area contributed by atoms with Crippen LogP contribution in [0.25, 0.3) is 0 Å². The quantitative estimate of drug-likeness (QED) is 0.720. The van der Waals surface area contributed by atoms with Crippen molar-refractivity contribution in [2.45, 2.75) is 69.8 Å². The maximum absolute atomic E-state index is 13.3. The summed E-state index contributed by atoms with van der Waals surface area (Å²) in [5, 5.41) is 2.93. The molecule has 3 fully saturated rings. The average molecular weight is 437 g/mol. The SMILES string of the molecule is COc1ccc(CCNC(=O)[C@@]23O[C@H]4COC(C)(C)O[C@H]4[C@@H]2OC(C)(C)O3)cc1OC. The molecule has 3 heterocycles. The molecule has 0 aliphatic carbocycles. The Hall–Kier alpha value is -1.91. The van der Waals surface area contributed by atoms with Gasteiger partial charge in [0.2, 0.25) is 0 Å². The minimum absolute atomic E-state index is 0.294. The number of ether oxygens (including phenoxy) is 7. The van der Waals surface area contributed by atoms with Crippen LogP contribution in [0.15, 0.2) is 18.2 Å². The zero-order chi connectivity index (χ0) is 22.4. The van der Waals surface area contributed by atoms with Gasteiger partial charge in [0.25, 0.3) is 11.7 Å². The zero-order valence-electron chi connectivity index (χ0n) is 18.9. The molecule has 4 atom stereocenters. The van der Waals surface area contributed by atoms with Gasteiger partial charge in [0.05, 0.1) is 20.8 Å². The Balaban J connectivity index is 1.45. The monoisotopic (exact) mass is 437 g/mol. The highest BCUT2D eigenvalue weighted by atomic mass is 16.9. The van der Waals surface area contributed by atoms with Crippen LogP contribution < -0.4 is 14.8 Å². The van der Waals surface area contributed by atoms with Gasteiger partial charge in [0.15, 0.2) is 29.2 Å². The second-order valence-corrected chi connectivity index (χ2v) is 8.85. The highest BCUT2D eigenvalue weighted by Gasteiger charge is 2.70. The van der Waals surface area contributed by atoms with Gasteiger partial charge in [-0.05, 0) is 51.8 Å². The van der Waals surface area contributed by atoms with Crippen molar-refractivity contribution in [2.24, 2.45) is 0 Å². The summed E-state index contributed by atoms with van der Waals surface area (Å²) in [6.45, 7) is 7.84. The predicted molar refractivity (Wildman–Crippen MR) is 109 cm³/mol. The molecule has 31 heavy (non-hydrogen) atoms. The van der Waals surface area contributed by atoms with E-state index in [1.165, 1.54) is 0 Å². The van der Waals surface area contributed by atoms with Crippen LogP contribution in [0.3, 0.4) is 0 Å². The van der Waals surface area contributed by atoms with E-state index >= 15 is 0 Å². The van der Waals surface area contributed by atoms with E-state index in [0.717, 1.165) is 5.56 Å². The first-order valence-corrected chi connectivity index (χ1v) is 10.5. The van der Waals surface area contributed by atoms with E-state index in [-0.39, 0.29) is 5.91 Å². The van der Waals surface area contributed by atoms with Crippen LogP contribution in [0.2, 0.25) is 0 Å². The molecule has 4 rings (SSSR count). The van der Waals surface area contributed by atoms with Crippen LogP contribution in [0.5, 0.6) is 11.5 Å². The third kappa shape index (κ3) is 4.12. The molecule has 1 amide bonds. The molecule has 0 saturated carbocycles. The lowest BCUT2D eigenvalue weighted by Crippen LogP contribution is -2.55. The van der Waals surface area contributed by atoms with E-state index in [2.05, 4.69) is 5.32 Å². The van der Waals surface area contributed by atoms with E-state index in [4.69, 9.17) is 33.2 Å². The molecule has 0 bridgehead atoms. The lowest BCUT2D eigenvalue weighted by Gasteiger charge is -2.38. The summed E-state index contributed by atoms with van der Waals surface area (Å²) in [6.07, 6.45) is -1.03. The van der Waals surface area contributed by atoms with Gasteiger partial charge in [-0.3, -0.25) is 4.79 Å². The highest BCUT2D eigenvalue weighted by molar-refractivity contribution is 5.85. The molecule has 172 valence electrons. The first kappa shape index (κ1) is 22.3. The Bertz CT molecular complexity index is 841. The molecule has 1 aromatic rings. The summed E-state index contributed by atoms with van der Waals surface area (Å²) in [4.78, 5) is 13.3. The molecule has 9 nitrogen and oxygen atoms in total. The normalized spacial score (nSPS) is 32.8. The zero-order valence-corrected chi connectivity index (χ0v) is 18.9. The van der Waals surface area contributed by atoms with E-state index in [1.807, 2.05) is 32.0 Å². The van der Waals surface area contributed by atoms with Crippen LogP contribution in [0.1, 0.15) is 33.3 Å². The van der Waals surface area contributed by atoms with Crippen LogP contribution in [-0.2, 0) is 34.9 Å². The van der Waals surface area contributed by atoms with Gasteiger partial charge in [0, 0.05) is 6.54 Å². The van der Waals surface area contributed by atoms with E-state index in [9.17, 15) is 4.79 Å². The second kappa shape index (κ2) is 7.90. The summed E-state index contributed by atoms with van der Waals surface area (Å²) >= 11 is 0. The van der Waals surface area contributed by atoms with Gasteiger partial charge < -0.3 is 38.5 Å². The third-order valence-electron chi connectivity index (χ3n) is 5.65. The smallest absolute Gasteiger partial charge is 0.283 e. The predicted octanol–water partition coefficient (Wildman–Crippen LogP) is 1.76.